The first-order valence-corrected chi connectivity index (χ1v) is 24.8. The number of hydrogen-bond acceptors (Lipinski definition) is 11. The van der Waals surface area contributed by atoms with Crippen LogP contribution in [0.1, 0.15) is 38.9 Å². The Morgan fingerprint density at radius 3 is 1.20 bits per heavy atom. The number of carbonyl (C=O) groups excluding carboxylic acids is 2. The van der Waals surface area contributed by atoms with Crippen molar-refractivity contribution < 1.29 is 52.2 Å². The van der Waals surface area contributed by atoms with E-state index in [1.807, 2.05) is 212 Å². The molecule has 11 nitrogen and oxygen atoms in total. The second-order valence-corrected chi connectivity index (χ2v) is 17.7. The van der Waals surface area contributed by atoms with Gasteiger partial charge in [-0.15, -0.1) is 0 Å². The number of rotatable bonds is 27. The normalized spacial score (nSPS) is 18.6. The monoisotopic (exact) mass is 994 g/mol. The molecule has 1 aliphatic rings. The van der Waals surface area contributed by atoms with Crippen molar-refractivity contribution in [2.45, 2.75) is 95.3 Å². The van der Waals surface area contributed by atoms with Crippen molar-refractivity contribution in [3.8, 4) is 11.8 Å². The van der Waals surface area contributed by atoms with E-state index >= 15 is 4.79 Å². The first-order chi connectivity index (χ1) is 36.5. The van der Waals surface area contributed by atoms with Gasteiger partial charge < -0.3 is 42.6 Å². The predicted molar refractivity (Wildman–Crippen MR) is 280 cm³/mol. The maximum Gasteiger partial charge on any atom is 0.237 e. The molecule has 1 fully saturated rings. The van der Waals surface area contributed by atoms with Gasteiger partial charge in [0.25, 0.3) is 0 Å². The van der Waals surface area contributed by atoms with Gasteiger partial charge in [-0.3, -0.25) is 9.59 Å². The van der Waals surface area contributed by atoms with Gasteiger partial charge in [-0.2, -0.15) is 0 Å². The minimum Gasteiger partial charge on any atom is -0.369 e. The molecule has 7 aromatic carbocycles. The molecule has 11 heteroatoms. The average Bonchev–Trinajstić information content (AvgIpc) is 3.46. The van der Waals surface area contributed by atoms with Gasteiger partial charge in [-0.05, 0) is 44.9 Å². The first-order valence-electron chi connectivity index (χ1n) is 24.8. The number of Topliss-reactive ketones (excluding diaryl/α,β-unsaturated/α-hetero) is 2. The third-order valence-corrected chi connectivity index (χ3v) is 12.3. The number of benzene rings is 7. The molecule has 8 rings (SSSR count). The molecule has 0 spiro atoms. The Labute approximate surface area is 434 Å². The first kappa shape index (κ1) is 53.4. The fourth-order valence-corrected chi connectivity index (χ4v) is 8.42. The summed E-state index contributed by atoms with van der Waals surface area (Å²) in [5.41, 5.74) is 6.06. The molecule has 0 unspecified atom stereocenters. The van der Waals surface area contributed by atoms with E-state index in [0.29, 0.717) is 0 Å². The van der Waals surface area contributed by atoms with Crippen molar-refractivity contribution in [3.63, 3.8) is 0 Å². The third-order valence-electron chi connectivity index (χ3n) is 12.3. The smallest absolute Gasteiger partial charge is 0.237 e. The lowest BCUT2D eigenvalue weighted by molar-refractivity contribution is -0.307. The van der Waals surface area contributed by atoms with Gasteiger partial charge in [0.15, 0.2) is 24.3 Å². The quantitative estimate of drug-likeness (QED) is 0.0362. The Hall–Kier alpha value is -6.92. The van der Waals surface area contributed by atoms with Gasteiger partial charge in [0, 0.05) is 7.11 Å². The van der Waals surface area contributed by atoms with E-state index in [0.717, 1.165) is 38.9 Å². The summed E-state index contributed by atoms with van der Waals surface area (Å²) >= 11 is 0. The van der Waals surface area contributed by atoms with Crippen LogP contribution in [0.2, 0.25) is 0 Å². The van der Waals surface area contributed by atoms with Crippen molar-refractivity contribution in [2.24, 2.45) is 0 Å². The molecule has 74 heavy (non-hydrogen) atoms. The molecule has 1 heterocycles. The molecule has 7 aromatic rings. The molecule has 0 aromatic heterocycles. The van der Waals surface area contributed by atoms with Crippen LogP contribution in [-0.4, -0.2) is 74.3 Å². The summed E-state index contributed by atoms with van der Waals surface area (Å²) in [6, 6.07) is 67.3. The third kappa shape index (κ3) is 16.3. The molecule has 0 N–H and O–H groups in total. The lowest BCUT2D eigenvalue weighted by Crippen LogP contribution is -2.60. The van der Waals surface area contributed by atoms with Crippen LogP contribution < -0.4 is 0 Å². The molecule has 380 valence electrons. The van der Waals surface area contributed by atoms with Gasteiger partial charge in [-0.1, -0.05) is 218 Å². The van der Waals surface area contributed by atoms with E-state index in [9.17, 15) is 4.79 Å². The van der Waals surface area contributed by atoms with Crippen molar-refractivity contribution in [1.29, 1.82) is 0 Å². The zero-order valence-corrected chi connectivity index (χ0v) is 41.5. The second-order valence-electron chi connectivity index (χ2n) is 17.7. The van der Waals surface area contributed by atoms with Gasteiger partial charge >= 0.3 is 0 Å². The fourth-order valence-electron chi connectivity index (χ4n) is 8.42. The van der Waals surface area contributed by atoms with Gasteiger partial charge in [-0.25, -0.2) is 0 Å². The standard InChI is InChI=1S/C63H62O11/c1-66-63-62(73-45-53-35-21-8-22-36-53)61(72-44-52-33-19-7-20-34-52)59(70-42-50-29-15-5-16-30-50)56(74-63)38-37-54(64)57(68-40-48-25-11-3-12-26-48)60(71-43-51-31-17-6-18-32-51)58(69-41-49-27-13-4-14-28-49)55(65)46-67-39-47-23-9-2-10-24-47/h2-36,56-63H,39-46H2,1H3/t56-,57+,58+,59-,60-,61+,62-,63+/m1/s1. The maximum atomic E-state index is 15.3. The van der Waals surface area contributed by atoms with E-state index in [4.69, 9.17) is 42.6 Å². The maximum absolute atomic E-state index is 15.3. The van der Waals surface area contributed by atoms with Crippen LogP contribution >= 0.6 is 0 Å². The highest BCUT2D eigenvalue weighted by atomic mass is 16.7. The summed E-state index contributed by atoms with van der Waals surface area (Å²) in [7, 11) is 1.52. The van der Waals surface area contributed by atoms with E-state index in [1.165, 1.54) is 7.11 Å². The van der Waals surface area contributed by atoms with Crippen molar-refractivity contribution >= 4 is 11.6 Å². The number of ether oxygens (including phenoxy) is 9. The van der Waals surface area contributed by atoms with E-state index in [-0.39, 0.29) is 52.9 Å². The summed E-state index contributed by atoms with van der Waals surface area (Å²) in [4.78, 5) is 29.9. The second kappa shape index (κ2) is 29.1. The minimum atomic E-state index is -1.47. The molecular formula is C63H62O11. The van der Waals surface area contributed by atoms with Crippen LogP contribution in [0.15, 0.2) is 212 Å². The van der Waals surface area contributed by atoms with Crippen molar-refractivity contribution in [1.82, 2.24) is 0 Å². The number of methoxy groups -OCH3 is 1. The van der Waals surface area contributed by atoms with Crippen LogP contribution in [0.3, 0.4) is 0 Å². The molecule has 1 aliphatic heterocycles. The Balaban J connectivity index is 1.16. The Bertz CT molecular complexity index is 2760. The van der Waals surface area contributed by atoms with Crippen molar-refractivity contribution in [3.05, 3.63) is 251 Å². The summed E-state index contributed by atoms with van der Waals surface area (Å²) in [6.07, 6.45) is -8.76. The van der Waals surface area contributed by atoms with E-state index in [1.54, 1.807) is 0 Å². The lowest BCUT2D eigenvalue weighted by Gasteiger charge is -2.44. The van der Waals surface area contributed by atoms with Gasteiger partial charge in [0.2, 0.25) is 5.78 Å². The topological polar surface area (TPSA) is 117 Å². The number of ketones is 2. The van der Waals surface area contributed by atoms with Crippen LogP contribution in [0.25, 0.3) is 0 Å². The SMILES string of the molecule is CO[C@H]1O[C@H](C#CC(=O)[C@H](OCc2ccccc2)[C@@H](OCc2ccccc2)[C@@H](OCc2ccccc2)C(=O)COCc2ccccc2)[C@@H](OCc2ccccc2)[C@H](OCc2ccccc2)[C@H]1OCc1ccccc1. The summed E-state index contributed by atoms with van der Waals surface area (Å²) < 4.78 is 58.8. The molecular weight excluding hydrogens is 933 g/mol. The molecule has 0 bridgehead atoms. The Morgan fingerprint density at radius 2 is 0.784 bits per heavy atom. The average molecular weight is 995 g/mol. The molecule has 0 amide bonds. The zero-order chi connectivity index (χ0) is 51.0. The van der Waals surface area contributed by atoms with E-state index < -0.39 is 60.6 Å². The van der Waals surface area contributed by atoms with E-state index in [2.05, 4.69) is 11.8 Å². The van der Waals surface area contributed by atoms with Gasteiger partial charge in [0.1, 0.15) is 37.1 Å². The highest BCUT2D eigenvalue weighted by Crippen LogP contribution is 2.31. The zero-order valence-electron chi connectivity index (χ0n) is 41.5. The van der Waals surface area contributed by atoms with Crippen LogP contribution in [0.4, 0.5) is 0 Å². The summed E-state index contributed by atoms with van der Waals surface area (Å²) in [6.45, 7) is 0.478. The van der Waals surface area contributed by atoms with Crippen LogP contribution in [-0.2, 0) is 98.5 Å². The van der Waals surface area contributed by atoms with Gasteiger partial charge in [0.05, 0.1) is 46.2 Å². The molecule has 8 atom stereocenters. The summed E-state index contributed by atoms with van der Waals surface area (Å²) in [5, 5.41) is 0. The molecule has 1 saturated heterocycles. The predicted octanol–water partition coefficient (Wildman–Crippen LogP) is 10.2. The van der Waals surface area contributed by atoms with Crippen LogP contribution in [0.5, 0.6) is 0 Å². The highest BCUT2D eigenvalue weighted by molar-refractivity contribution is 6.00. The highest BCUT2D eigenvalue weighted by Gasteiger charge is 2.49. The number of hydrogen-bond donors (Lipinski definition) is 0. The van der Waals surface area contributed by atoms with Crippen molar-refractivity contribution in [2.75, 3.05) is 13.7 Å². The largest absolute Gasteiger partial charge is 0.369 e. The summed E-state index contributed by atoms with van der Waals surface area (Å²) in [5.74, 6) is 4.89. The fraction of sp³-hybridized carbons (Fsp3) is 0.270. The lowest BCUT2D eigenvalue weighted by atomic mass is 9.96. The molecule has 0 aliphatic carbocycles. The van der Waals surface area contributed by atoms with Crippen LogP contribution in [0, 0.1) is 11.8 Å². The molecule has 0 saturated carbocycles. The minimum absolute atomic E-state index is 0.0153. The number of carbonyl (C=O) groups is 2. The Morgan fingerprint density at radius 1 is 0.432 bits per heavy atom. The Kier molecular flexibility index (Phi) is 21.0. The molecule has 0 radical (unpaired) electrons.